The van der Waals surface area contributed by atoms with Gasteiger partial charge in [-0.3, -0.25) is 4.79 Å². The van der Waals surface area contributed by atoms with E-state index in [9.17, 15) is 9.90 Å². The summed E-state index contributed by atoms with van der Waals surface area (Å²) < 4.78 is 6.44. The summed E-state index contributed by atoms with van der Waals surface area (Å²) in [6, 6.07) is 21.0. The molecule has 0 spiro atoms. The third-order valence-corrected chi connectivity index (χ3v) is 6.55. The molecule has 3 aromatic carbocycles. The van der Waals surface area contributed by atoms with Gasteiger partial charge in [0.15, 0.2) is 5.88 Å². The molecule has 0 radical (unpaired) electrons. The lowest BCUT2D eigenvalue weighted by Gasteiger charge is -2.32. The van der Waals surface area contributed by atoms with Gasteiger partial charge in [0.2, 0.25) is 0 Å². The van der Waals surface area contributed by atoms with Crippen LogP contribution in [0.4, 0.5) is 5.69 Å². The van der Waals surface area contributed by atoms with Crippen LogP contribution in [-0.2, 0) is 0 Å². The zero-order valence-corrected chi connectivity index (χ0v) is 19.0. The van der Waals surface area contributed by atoms with Crippen LogP contribution < -0.4 is 15.3 Å². The minimum absolute atomic E-state index is 0.0127. The van der Waals surface area contributed by atoms with Crippen molar-refractivity contribution in [3.63, 3.8) is 0 Å². The molecule has 4 aromatic rings. The van der Waals surface area contributed by atoms with E-state index in [-0.39, 0.29) is 17.9 Å². The second kappa shape index (κ2) is 8.76. The number of amides is 1. The lowest BCUT2D eigenvalue weighted by molar-refractivity contribution is 0.0598. The van der Waals surface area contributed by atoms with Crippen molar-refractivity contribution in [2.75, 3.05) is 13.1 Å². The minimum atomic E-state index is -0.0127. The van der Waals surface area contributed by atoms with E-state index in [1.54, 1.807) is 6.34 Å². The number of aromatic amines is 1. The average Bonchev–Trinajstić information content (AvgIpc) is 3.49. The highest BCUT2D eigenvalue weighted by Gasteiger charge is 2.25. The maximum absolute atomic E-state index is 12.8. The van der Waals surface area contributed by atoms with E-state index in [0.717, 1.165) is 40.0 Å². The Labute approximate surface area is 201 Å². The van der Waals surface area contributed by atoms with Crippen LogP contribution in [0.2, 0.25) is 0 Å². The molecule has 0 bridgehead atoms. The number of fused-ring (bicyclic) bond motifs is 2. The van der Waals surface area contributed by atoms with Crippen molar-refractivity contribution < 1.29 is 14.6 Å². The molecule has 2 N–H and O–H groups in total. The molecule has 1 fully saturated rings. The molecule has 1 amide bonds. The number of aliphatic imine (C=N–C) groups is 1. The molecule has 7 heteroatoms. The highest BCUT2D eigenvalue weighted by Crippen LogP contribution is 2.36. The molecule has 0 atom stereocenters. The number of H-pyrrole nitrogens is 1. The lowest BCUT2D eigenvalue weighted by atomic mass is 10.1. The second-order valence-electron chi connectivity index (χ2n) is 8.81. The smallest absolute Gasteiger partial charge is 0.253 e. The molecule has 3 heterocycles. The van der Waals surface area contributed by atoms with Crippen LogP contribution in [0.1, 0.15) is 28.8 Å². The van der Waals surface area contributed by atoms with E-state index in [1.807, 2.05) is 77.7 Å². The zero-order chi connectivity index (χ0) is 23.8. The molecule has 174 valence electrons. The van der Waals surface area contributed by atoms with Crippen LogP contribution in [0.15, 0.2) is 76.7 Å². The van der Waals surface area contributed by atoms with E-state index in [1.165, 1.54) is 0 Å². The van der Waals surface area contributed by atoms with Gasteiger partial charge in [-0.2, -0.15) is 0 Å². The van der Waals surface area contributed by atoms with Gasteiger partial charge in [-0.15, -0.1) is 0 Å². The number of aromatic hydroxyl groups is 1. The van der Waals surface area contributed by atoms with Crippen molar-refractivity contribution in [1.82, 2.24) is 9.88 Å². The first-order chi connectivity index (χ1) is 17.2. The summed E-state index contributed by atoms with van der Waals surface area (Å²) in [5.74, 6) is 0.866. The van der Waals surface area contributed by atoms with Crippen molar-refractivity contribution in [2.24, 2.45) is 9.98 Å². The summed E-state index contributed by atoms with van der Waals surface area (Å²) in [5.41, 5.74) is 3.00. The average molecular weight is 465 g/mol. The largest absolute Gasteiger partial charge is 0.494 e. The Bertz CT molecular complexity index is 1570. The molecular formula is C28H24N4O3. The summed E-state index contributed by atoms with van der Waals surface area (Å²) in [6.45, 7) is 1.29. The molecular weight excluding hydrogens is 440 g/mol. The fourth-order valence-electron chi connectivity index (χ4n) is 4.75. The summed E-state index contributed by atoms with van der Waals surface area (Å²) in [5, 5.41) is 13.3. The number of likely N-dealkylation sites (tertiary alicyclic amines) is 1. The molecule has 2 aliphatic rings. The predicted molar refractivity (Wildman–Crippen MR) is 135 cm³/mol. The van der Waals surface area contributed by atoms with Crippen molar-refractivity contribution in [3.8, 4) is 11.6 Å². The Morgan fingerprint density at radius 1 is 1.06 bits per heavy atom. The molecule has 6 rings (SSSR count). The summed E-state index contributed by atoms with van der Waals surface area (Å²) >= 11 is 0. The van der Waals surface area contributed by atoms with Crippen molar-refractivity contribution in [2.45, 2.75) is 18.9 Å². The van der Waals surface area contributed by atoms with Crippen LogP contribution in [-0.4, -0.2) is 46.4 Å². The Kier molecular flexibility index (Phi) is 5.29. The number of carbonyl (C=O) groups is 1. The van der Waals surface area contributed by atoms with Crippen molar-refractivity contribution in [1.29, 1.82) is 0 Å². The highest BCUT2D eigenvalue weighted by molar-refractivity contribution is 5.96. The number of ether oxygens (including phenoxy) is 1. The number of benzene rings is 3. The Morgan fingerprint density at radius 3 is 2.71 bits per heavy atom. The van der Waals surface area contributed by atoms with Crippen LogP contribution in [0.3, 0.4) is 0 Å². The molecule has 1 saturated heterocycles. The van der Waals surface area contributed by atoms with E-state index in [4.69, 9.17) is 4.74 Å². The van der Waals surface area contributed by atoms with Gasteiger partial charge in [-0.25, -0.2) is 9.98 Å². The van der Waals surface area contributed by atoms with E-state index in [0.29, 0.717) is 30.0 Å². The third kappa shape index (κ3) is 4.05. The number of rotatable bonds is 4. The molecule has 2 aliphatic heterocycles. The molecule has 0 aliphatic carbocycles. The summed E-state index contributed by atoms with van der Waals surface area (Å²) in [7, 11) is 0. The van der Waals surface area contributed by atoms with Gasteiger partial charge in [0.05, 0.1) is 21.9 Å². The first kappa shape index (κ1) is 21.2. The molecule has 7 nitrogen and oxygen atoms in total. The van der Waals surface area contributed by atoms with Crippen molar-refractivity contribution >= 4 is 34.9 Å². The van der Waals surface area contributed by atoms with Gasteiger partial charge in [0.25, 0.3) is 5.91 Å². The Balaban J connectivity index is 1.25. The predicted octanol–water partition coefficient (Wildman–Crippen LogP) is 3.68. The molecule has 1 aromatic heterocycles. The summed E-state index contributed by atoms with van der Waals surface area (Å²) in [4.78, 5) is 26.2. The van der Waals surface area contributed by atoms with E-state index < -0.39 is 0 Å². The fourth-order valence-corrected chi connectivity index (χ4v) is 4.75. The van der Waals surface area contributed by atoms with E-state index in [2.05, 4.69) is 15.0 Å². The van der Waals surface area contributed by atoms with Gasteiger partial charge in [0.1, 0.15) is 18.2 Å². The number of carbonyl (C=O) groups excluding carboxylic acids is 1. The van der Waals surface area contributed by atoms with Crippen LogP contribution in [0, 0.1) is 0 Å². The van der Waals surface area contributed by atoms with Crippen LogP contribution >= 0.6 is 0 Å². The van der Waals surface area contributed by atoms with E-state index >= 15 is 0 Å². The van der Waals surface area contributed by atoms with Gasteiger partial charge >= 0.3 is 0 Å². The number of aromatic nitrogens is 1. The first-order valence-corrected chi connectivity index (χ1v) is 11.7. The number of hydrogen-bond donors (Lipinski definition) is 2. The topological polar surface area (TPSA) is 90.3 Å². The maximum Gasteiger partial charge on any atom is 0.253 e. The minimum Gasteiger partial charge on any atom is -0.494 e. The Morgan fingerprint density at radius 2 is 1.89 bits per heavy atom. The van der Waals surface area contributed by atoms with Crippen LogP contribution in [0.25, 0.3) is 17.0 Å². The zero-order valence-electron chi connectivity index (χ0n) is 19.0. The fraction of sp³-hybridized carbons (Fsp3) is 0.179. The number of piperidine rings is 1. The quantitative estimate of drug-likeness (QED) is 0.483. The number of nitrogens with one attached hydrogen (secondary N) is 1. The Hall–Kier alpha value is -4.39. The monoisotopic (exact) mass is 464 g/mol. The normalized spacial score (nSPS) is 15.9. The van der Waals surface area contributed by atoms with Gasteiger partial charge in [-0.05, 0) is 47.7 Å². The maximum atomic E-state index is 12.8. The SMILES string of the molecule is O=C(c1ccccc1)N1CCC(Oc2cccc3[nH]c(O)c(/C=c4\ccc5c(c4)N=CN=5)c23)CC1. The second-order valence-corrected chi connectivity index (χ2v) is 8.81. The van der Waals surface area contributed by atoms with Gasteiger partial charge < -0.3 is 19.7 Å². The van der Waals surface area contributed by atoms with Crippen molar-refractivity contribution in [3.05, 3.63) is 88.4 Å². The molecule has 35 heavy (non-hydrogen) atoms. The summed E-state index contributed by atoms with van der Waals surface area (Å²) in [6.07, 6.45) is 4.95. The first-order valence-electron chi connectivity index (χ1n) is 11.7. The molecule has 0 unspecified atom stereocenters. The third-order valence-electron chi connectivity index (χ3n) is 6.55. The van der Waals surface area contributed by atoms with Gasteiger partial charge in [0, 0.05) is 37.1 Å². The van der Waals surface area contributed by atoms with Gasteiger partial charge in [-0.1, -0.05) is 30.3 Å². The number of hydrogen-bond acceptors (Lipinski definition) is 5. The molecule has 0 saturated carbocycles. The standard InChI is InChI=1S/C28H24N4O3/c33-27-21(15-18-9-10-22-24(16-18)30-17-29-22)26-23(31-27)7-4-8-25(26)35-20-11-13-32(14-12-20)28(34)19-5-2-1-3-6-19/h1-10,15-17,20,31,33H,11-14H2/b18-15+. The number of nitrogens with zero attached hydrogens (tertiary/aromatic N) is 3. The lowest BCUT2D eigenvalue weighted by Crippen LogP contribution is -2.41. The van der Waals surface area contributed by atoms with Crippen LogP contribution in [0.5, 0.6) is 11.6 Å². The highest BCUT2D eigenvalue weighted by atomic mass is 16.5.